The molecule has 1 rings (SSSR count). The standard InChI is InChI=1S/C13H19NO4/c1-4-18-13(15)8-12(14)9-5-10(16-2)7-11(6-9)17-3/h5-7,12H,4,8,14H2,1-3H3/p+1/t12-/m1/s1. The van der Waals surface area contributed by atoms with Gasteiger partial charge < -0.3 is 19.9 Å². The number of benzene rings is 1. The number of carbonyl (C=O) groups is 1. The van der Waals surface area contributed by atoms with Crippen molar-refractivity contribution in [3.05, 3.63) is 23.8 Å². The monoisotopic (exact) mass is 254 g/mol. The lowest BCUT2D eigenvalue weighted by atomic mass is 10.0. The van der Waals surface area contributed by atoms with Gasteiger partial charge in [-0.05, 0) is 19.1 Å². The molecule has 3 N–H and O–H groups in total. The first-order chi connectivity index (χ1) is 8.60. The van der Waals surface area contributed by atoms with Crippen molar-refractivity contribution < 1.29 is 24.7 Å². The third kappa shape index (κ3) is 3.92. The van der Waals surface area contributed by atoms with Crippen LogP contribution in [0.1, 0.15) is 24.9 Å². The van der Waals surface area contributed by atoms with Crippen LogP contribution in [0.5, 0.6) is 11.5 Å². The Morgan fingerprint density at radius 3 is 2.22 bits per heavy atom. The van der Waals surface area contributed by atoms with E-state index in [1.807, 2.05) is 12.1 Å². The van der Waals surface area contributed by atoms with Crippen LogP contribution < -0.4 is 15.2 Å². The Morgan fingerprint density at radius 1 is 1.22 bits per heavy atom. The van der Waals surface area contributed by atoms with Gasteiger partial charge in [0.25, 0.3) is 0 Å². The fourth-order valence-corrected chi connectivity index (χ4v) is 1.60. The summed E-state index contributed by atoms with van der Waals surface area (Å²) in [6, 6.07) is 5.28. The largest absolute Gasteiger partial charge is 0.497 e. The molecular formula is C13H20NO4+. The Hall–Kier alpha value is -1.75. The molecule has 1 aromatic rings. The van der Waals surface area contributed by atoms with Crippen LogP contribution in [-0.4, -0.2) is 26.8 Å². The molecule has 0 aliphatic heterocycles. The van der Waals surface area contributed by atoms with Crippen molar-refractivity contribution in [2.24, 2.45) is 0 Å². The van der Waals surface area contributed by atoms with Gasteiger partial charge in [-0.3, -0.25) is 4.79 Å². The van der Waals surface area contributed by atoms with E-state index >= 15 is 0 Å². The summed E-state index contributed by atoms with van der Waals surface area (Å²) in [6.07, 6.45) is 0.240. The molecule has 18 heavy (non-hydrogen) atoms. The molecular weight excluding hydrogens is 234 g/mol. The van der Waals surface area contributed by atoms with Gasteiger partial charge in [-0.2, -0.15) is 0 Å². The molecule has 0 aliphatic rings. The fraction of sp³-hybridized carbons (Fsp3) is 0.462. The molecule has 100 valence electrons. The molecule has 0 amide bonds. The Kier molecular flexibility index (Phi) is 5.45. The van der Waals surface area contributed by atoms with E-state index in [0.717, 1.165) is 5.56 Å². The maximum Gasteiger partial charge on any atom is 0.312 e. The Morgan fingerprint density at radius 2 is 1.78 bits per heavy atom. The van der Waals surface area contributed by atoms with Crippen molar-refractivity contribution in [1.29, 1.82) is 0 Å². The van der Waals surface area contributed by atoms with Crippen molar-refractivity contribution in [2.45, 2.75) is 19.4 Å². The fourth-order valence-electron chi connectivity index (χ4n) is 1.60. The summed E-state index contributed by atoms with van der Waals surface area (Å²) < 4.78 is 15.3. The second kappa shape index (κ2) is 6.86. The van der Waals surface area contributed by atoms with Gasteiger partial charge in [0.2, 0.25) is 0 Å². The number of hydrogen-bond acceptors (Lipinski definition) is 4. The van der Waals surface area contributed by atoms with Crippen molar-refractivity contribution in [1.82, 2.24) is 0 Å². The summed E-state index contributed by atoms with van der Waals surface area (Å²) >= 11 is 0. The molecule has 5 heteroatoms. The summed E-state index contributed by atoms with van der Waals surface area (Å²) in [4.78, 5) is 11.4. The zero-order valence-electron chi connectivity index (χ0n) is 11.1. The van der Waals surface area contributed by atoms with Gasteiger partial charge in [0, 0.05) is 11.6 Å². The first-order valence-electron chi connectivity index (χ1n) is 5.82. The van der Waals surface area contributed by atoms with E-state index in [1.54, 1.807) is 27.2 Å². The molecule has 5 nitrogen and oxygen atoms in total. The van der Waals surface area contributed by atoms with Gasteiger partial charge in [-0.25, -0.2) is 0 Å². The van der Waals surface area contributed by atoms with Gasteiger partial charge in [-0.1, -0.05) is 0 Å². The lowest BCUT2D eigenvalue weighted by molar-refractivity contribution is -0.425. The second-order valence-corrected chi connectivity index (χ2v) is 3.85. The first-order valence-corrected chi connectivity index (χ1v) is 5.82. The molecule has 1 aromatic carbocycles. The van der Waals surface area contributed by atoms with Crippen molar-refractivity contribution >= 4 is 5.97 Å². The summed E-state index contributed by atoms with van der Waals surface area (Å²) in [6.45, 7) is 2.16. The first kappa shape index (κ1) is 14.3. The van der Waals surface area contributed by atoms with E-state index in [2.05, 4.69) is 5.73 Å². The zero-order chi connectivity index (χ0) is 13.5. The highest BCUT2D eigenvalue weighted by atomic mass is 16.5. The van der Waals surface area contributed by atoms with Crippen LogP contribution in [-0.2, 0) is 9.53 Å². The van der Waals surface area contributed by atoms with Crippen molar-refractivity contribution in [3.8, 4) is 11.5 Å². The molecule has 0 bridgehead atoms. The second-order valence-electron chi connectivity index (χ2n) is 3.85. The maximum atomic E-state index is 11.4. The average molecular weight is 254 g/mol. The SMILES string of the molecule is CCOC(=O)C[C@@H]([NH3+])c1cc(OC)cc(OC)c1. The van der Waals surface area contributed by atoms with Crippen LogP contribution in [0.3, 0.4) is 0 Å². The minimum absolute atomic E-state index is 0.187. The number of carbonyl (C=O) groups excluding carboxylic acids is 1. The molecule has 0 heterocycles. The third-order valence-electron chi connectivity index (χ3n) is 2.56. The Balaban J connectivity index is 2.83. The van der Waals surface area contributed by atoms with Gasteiger partial charge in [0.15, 0.2) is 0 Å². The smallest absolute Gasteiger partial charge is 0.312 e. The van der Waals surface area contributed by atoms with Gasteiger partial charge in [0.1, 0.15) is 24.0 Å². The van der Waals surface area contributed by atoms with Crippen LogP contribution in [0, 0.1) is 0 Å². The molecule has 0 fully saturated rings. The highest BCUT2D eigenvalue weighted by molar-refractivity contribution is 5.70. The lowest BCUT2D eigenvalue weighted by Gasteiger charge is -2.12. The molecule has 0 spiro atoms. The summed E-state index contributed by atoms with van der Waals surface area (Å²) in [5, 5.41) is 0. The molecule has 0 aromatic heterocycles. The number of ether oxygens (including phenoxy) is 3. The Labute approximate surface area is 107 Å². The maximum absolute atomic E-state index is 11.4. The predicted octanol–water partition coefficient (Wildman–Crippen LogP) is 0.940. The minimum Gasteiger partial charge on any atom is -0.497 e. The van der Waals surface area contributed by atoms with Crippen LogP contribution in [0.2, 0.25) is 0 Å². The predicted molar refractivity (Wildman–Crippen MR) is 66.4 cm³/mol. The van der Waals surface area contributed by atoms with E-state index in [-0.39, 0.29) is 18.4 Å². The van der Waals surface area contributed by atoms with Crippen LogP contribution in [0.15, 0.2) is 18.2 Å². The zero-order valence-corrected chi connectivity index (χ0v) is 11.1. The molecule has 0 radical (unpaired) electrons. The number of methoxy groups -OCH3 is 2. The Bertz CT molecular complexity index is 384. The van der Waals surface area contributed by atoms with Gasteiger partial charge in [0.05, 0.1) is 20.8 Å². The van der Waals surface area contributed by atoms with E-state index in [9.17, 15) is 4.79 Å². The third-order valence-corrected chi connectivity index (χ3v) is 2.56. The van der Waals surface area contributed by atoms with Crippen LogP contribution in [0.25, 0.3) is 0 Å². The van der Waals surface area contributed by atoms with Crippen molar-refractivity contribution in [3.63, 3.8) is 0 Å². The normalized spacial score (nSPS) is 11.8. The number of quaternary nitrogens is 1. The molecule has 0 saturated carbocycles. The van der Waals surface area contributed by atoms with Crippen LogP contribution >= 0.6 is 0 Å². The summed E-state index contributed by atoms with van der Waals surface area (Å²) in [7, 11) is 3.17. The van der Waals surface area contributed by atoms with Gasteiger partial charge >= 0.3 is 5.97 Å². The topological polar surface area (TPSA) is 72.4 Å². The minimum atomic E-state index is -0.251. The molecule has 1 atom stereocenters. The summed E-state index contributed by atoms with van der Waals surface area (Å²) in [5.41, 5.74) is 4.86. The number of rotatable bonds is 6. The highest BCUT2D eigenvalue weighted by Gasteiger charge is 2.17. The van der Waals surface area contributed by atoms with Gasteiger partial charge in [-0.15, -0.1) is 0 Å². The number of hydrogen-bond donors (Lipinski definition) is 1. The molecule has 0 unspecified atom stereocenters. The quantitative estimate of drug-likeness (QED) is 0.767. The lowest BCUT2D eigenvalue weighted by Crippen LogP contribution is -2.54. The van der Waals surface area contributed by atoms with Crippen LogP contribution in [0.4, 0.5) is 0 Å². The average Bonchev–Trinajstić information content (AvgIpc) is 2.38. The number of esters is 1. The molecule has 0 aliphatic carbocycles. The van der Waals surface area contributed by atoms with Crippen molar-refractivity contribution in [2.75, 3.05) is 20.8 Å². The highest BCUT2D eigenvalue weighted by Crippen LogP contribution is 2.26. The van der Waals surface area contributed by atoms with E-state index < -0.39 is 0 Å². The van der Waals surface area contributed by atoms with E-state index in [4.69, 9.17) is 14.2 Å². The van der Waals surface area contributed by atoms with E-state index in [1.165, 1.54) is 0 Å². The summed E-state index contributed by atoms with van der Waals surface area (Å²) in [5.74, 6) is 1.11. The molecule has 0 saturated heterocycles. The van der Waals surface area contributed by atoms with E-state index in [0.29, 0.717) is 18.1 Å².